The summed E-state index contributed by atoms with van der Waals surface area (Å²) in [6.07, 6.45) is 0.826. The van der Waals surface area contributed by atoms with E-state index in [-0.39, 0.29) is 11.9 Å². The number of fused-ring (bicyclic) bond motifs is 1. The summed E-state index contributed by atoms with van der Waals surface area (Å²) < 4.78 is 5.06. The van der Waals surface area contributed by atoms with Crippen molar-refractivity contribution in [3.63, 3.8) is 0 Å². The number of amides is 1. The van der Waals surface area contributed by atoms with Gasteiger partial charge in [0.15, 0.2) is 0 Å². The van der Waals surface area contributed by atoms with E-state index in [1.807, 2.05) is 19.1 Å². The minimum absolute atomic E-state index is 0.0222. The first kappa shape index (κ1) is 13.4. The molecule has 0 saturated heterocycles. The molecule has 1 amide bonds. The molecule has 1 atom stereocenters. The van der Waals surface area contributed by atoms with Gasteiger partial charge >= 0.3 is 0 Å². The van der Waals surface area contributed by atoms with Crippen molar-refractivity contribution in [1.82, 2.24) is 10.3 Å². The zero-order valence-corrected chi connectivity index (χ0v) is 11.2. The highest BCUT2D eigenvalue weighted by molar-refractivity contribution is 5.98. The van der Waals surface area contributed by atoms with Crippen LogP contribution in [-0.2, 0) is 4.74 Å². The second kappa shape index (κ2) is 5.75. The highest BCUT2D eigenvalue weighted by atomic mass is 16.5. The van der Waals surface area contributed by atoms with Gasteiger partial charge in [0, 0.05) is 23.7 Å². The lowest BCUT2D eigenvalue weighted by atomic mass is 10.2. The molecule has 0 aliphatic rings. The molecular formula is C14H19N3O2. The van der Waals surface area contributed by atoms with Crippen molar-refractivity contribution in [2.24, 2.45) is 0 Å². The van der Waals surface area contributed by atoms with Gasteiger partial charge in [0.1, 0.15) is 5.69 Å². The van der Waals surface area contributed by atoms with E-state index in [0.717, 1.165) is 17.3 Å². The Labute approximate surface area is 112 Å². The Morgan fingerprint density at radius 2 is 2.26 bits per heavy atom. The van der Waals surface area contributed by atoms with Gasteiger partial charge in [-0.25, -0.2) is 0 Å². The molecule has 5 heteroatoms. The van der Waals surface area contributed by atoms with E-state index in [1.165, 1.54) is 0 Å². The van der Waals surface area contributed by atoms with Crippen LogP contribution in [-0.4, -0.2) is 30.6 Å². The number of H-pyrrole nitrogens is 1. The van der Waals surface area contributed by atoms with Crippen LogP contribution in [0.3, 0.4) is 0 Å². The molecule has 0 radical (unpaired) electrons. The van der Waals surface area contributed by atoms with E-state index >= 15 is 0 Å². The zero-order chi connectivity index (χ0) is 13.8. The van der Waals surface area contributed by atoms with E-state index in [4.69, 9.17) is 10.5 Å². The topological polar surface area (TPSA) is 80.1 Å². The van der Waals surface area contributed by atoms with Gasteiger partial charge in [-0.3, -0.25) is 4.79 Å². The van der Waals surface area contributed by atoms with Gasteiger partial charge in [-0.15, -0.1) is 0 Å². The number of methoxy groups -OCH3 is 1. The lowest BCUT2D eigenvalue weighted by Crippen LogP contribution is -2.37. The molecule has 19 heavy (non-hydrogen) atoms. The van der Waals surface area contributed by atoms with Crippen LogP contribution in [0.15, 0.2) is 24.3 Å². The Balaban J connectivity index is 2.17. The van der Waals surface area contributed by atoms with Crippen LogP contribution in [0.25, 0.3) is 10.9 Å². The Morgan fingerprint density at radius 3 is 2.95 bits per heavy atom. The number of nitrogens with two attached hydrogens (primary N) is 1. The minimum Gasteiger partial charge on any atom is -0.399 e. The van der Waals surface area contributed by atoms with E-state index < -0.39 is 0 Å². The van der Waals surface area contributed by atoms with Crippen molar-refractivity contribution in [3.05, 3.63) is 30.0 Å². The molecule has 102 valence electrons. The molecule has 2 rings (SSSR count). The van der Waals surface area contributed by atoms with Crippen molar-refractivity contribution in [1.29, 1.82) is 0 Å². The number of aromatic amines is 1. The van der Waals surface area contributed by atoms with Crippen molar-refractivity contribution in [3.8, 4) is 0 Å². The van der Waals surface area contributed by atoms with Crippen molar-refractivity contribution < 1.29 is 9.53 Å². The number of carbonyl (C=O) groups excluding carboxylic acids is 1. The first-order valence-corrected chi connectivity index (χ1v) is 6.32. The molecule has 0 saturated carbocycles. The summed E-state index contributed by atoms with van der Waals surface area (Å²) in [6.45, 7) is 2.52. The Kier molecular flexibility index (Phi) is 4.06. The second-order valence-electron chi connectivity index (χ2n) is 4.56. The summed E-state index contributed by atoms with van der Waals surface area (Å²) in [5, 5.41) is 3.87. The first-order chi connectivity index (χ1) is 9.13. The maximum Gasteiger partial charge on any atom is 0.268 e. The minimum atomic E-state index is -0.126. The standard InChI is InChI=1S/C14H19N3O2/c1-3-11(8-19-2)16-14(18)13-7-9-6-10(15)4-5-12(9)17-13/h4-7,11,17H,3,8,15H2,1-2H3,(H,16,18). The van der Waals surface area contributed by atoms with Crippen LogP contribution in [0, 0.1) is 0 Å². The molecule has 1 aromatic carbocycles. The average molecular weight is 261 g/mol. The molecular weight excluding hydrogens is 242 g/mol. The molecule has 0 bridgehead atoms. The Hall–Kier alpha value is -2.01. The third kappa shape index (κ3) is 3.06. The van der Waals surface area contributed by atoms with Crippen LogP contribution in [0.2, 0.25) is 0 Å². The summed E-state index contributed by atoms with van der Waals surface area (Å²) in [5.74, 6) is -0.126. The molecule has 0 spiro atoms. The normalized spacial score (nSPS) is 12.5. The lowest BCUT2D eigenvalue weighted by Gasteiger charge is -2.15. The Bertz CT molecular complexity index is 577. The number of anilines is 1. The summed E-state index contributed by atoms with van der Waals surface area (Å²) in [7, 11) is 1.63. The summed E-state index contributed by atoms with van der Waals surface area (Å²) >= 11 is 0. The highest BCUT2D eigenvalue weighted by Gasteiger charge is 2.14. The molecule has 0 aliphatic heterocycles. The molecule has 1 unspecified atom stereocenters. The van der Waals surface area contributed by atoms with E-state index in [0.29, 0.717) is 18.0 Å². The predicted octanol–water partition coefficient (Wildman–Crippen LogP) is 1.90. The average Bonchev–Trinajstić information content (AvgIpc) is 2.81. The number of hydrogen-bond acceptors (Lipinski definition) is 3. The molecule has 1 aromatic heterocycles. The summed E-state index contributed by atoms with van der Waals surface area (Å²) in [6, 6.07) is 7.35. The van der Waals surface area contributed by atoms with Gasteiger partial charge in [0.2, 0.25) is 0 Å². The number of ether oxygens (including phenoxy) is 1. The fourth-order valence-corrected chi connectivity index (χ4v) is 2.00. The second-order valence-corrected chi connectivity index (χ2v) is 4.56. The van der Waals surface area contributed by atoms with Crippen molar-refractivity contribution in [2.75, 3.05) is 19.5 Å². The molecule has 0 aliphatic carbocycles. The fraction of sp³-hybridized carbons (Fsp3) is 0.357. The van der Waals surface area contributed by atoms with Gasteiger partial charge in [-0.1, -0.05) is 6.92 Å². The number of nitrogen functional groups attached to an aromatic ring is 1. The highest BCUT2D eigenvalue weighted by Crippen LogP contribution is 2.18. The van der Waals surface area contributed by atoms with Crippen LogP contribution in [0.1, 0.15) is 23.8 Å². The number of benzene rings is 1. The summed E-state index contributed by atoms with van der Waals surface area (Å²) in [4.78, 5) is 15.2. The van der Waals surface area contributed by atoms with Crippen LogP contribution < -0.4 is 11.1 Å². The van der Waals surface area contributed by atoms with Crippen LogP contribution in [0.4, 0.5) is 5.69 Å². The first-order valence-electron chi connectivity index (χ1n) is 6.32. The summed E-state index contributed by atoms with van der Waals surface area (Å²) in [5.41, 5.74) is 7.84. The van der Waals surface area contributed by atoms with Gasteiger partial charge in [-0.05, 0) is 30.7 Å². The number of nitrogens with one attached hydrogen (secondary N) is 2. The van der Waals surface area contributed by atoms with Gasteiger partial charge in [0.25, 0.3) is 5.91 Å². The maximum absolute atomic E-state index is 12.1. The van der Waals surface area contributed by atoms with Gasteiger partial charge in [0.05, 0.1) is 12.6 Å². The fourth-order valence-electron chi connectivity index (χ4n) is 2.00. The van der Waals surface area contributed by atoms with Crippen molar-refractivity contribution >= 4 is 22.5 Å². The third-order valence-electron chi connectivity index (χ3n) is 3.09. The molecule has 2 aromatic rings. The van der Waals surface area contributed by atoms with E-state index in [1.54, 1.807) is 19.2 Å². The SMILES string of the molecule is CCC(COC)NC(=O)c1cc2cc(N)ccc2[nH]1. The molecule has 4 N–H and O–H groups in total. The monoisotopic (exact) mass is 261 g/mol. The van der Waals surface area contributed by atoms with E-state index in [9.17, 15) is 4.79 Å². The predicted molar refractivity (Wildman–Crippen MR) is 76.1 cm³/mol. The van der Waals surface area contributed by atoms with E-state index in [2.05, 4.69) is 10.3 Å². The molecule has 1 heterocycles. The molecule has 5 nitrogen and oxygen atoms in total. The number of carbonyl (C=O) groups is 1. The Morgan fingerprint density at radius 1 is 1.47 bits per heavy atom. The number of rotatable bonds is 5. The quantitative estimate of drug-likeness (QED) is 0.719. The number of aromatic nitrogens is 1. The number of hydrogen-bond donors (Lipinski definition) is 3. The van der Waals surface area contributed by atoms with Crippen LogP contribution in [0.5, 0.6) is 0 Å². The van der Waals surface area contributed by atoms with Gasteiger partial charge in [-0.2, -0.15) is 0 Å². The molecule has 0 fully saturated rings. The van der Waals surface area contributed by atoms with Crippen molar-refractivity contribution in [2.45, 2.75) is 19.4 Å². The lowest BCUT2D eigenvalue weighted by molar-refractivity contribution is 0.0890. The third-order valence-corrected chi connectivity index (χ3v) is 3.09. The maximum atomic E-state index is 12.1. The largest absolute Gasteiger partial charge is 0.399 e. The van der Waals surface area contributed by atoms with Crippen LogP contribution >= 0.6 is 0 Å². The van der Waals surface area contributed by atoms with Gasteiger partial charge < -0.3 is 20.8 Å². The zero-order valence-electron chi connectivity index (χ0n) is 11.2. The smallest absolute Gasteiger partial charge is 0.268 e.